The number of nitrogens with one attached hydrogen (secondary N) is 1. The smallest absolute Gasteiger partial charge is 0.159 e. The molecule has 2 heterocycles. The highest BCUT2D eigenvalue weighted by molar-refractivity contribution is 9.10. The van der Waals surface area contributed by atoms with E-state index in [1.165, 1.54) is 0 Å². The summed E-state index contributed by atoms with van der Waals surface area (Å²) in [6.45, 7) is 6.26. The first-order valence-corrected chi connectivity index (χ1v) is 6.47. The van der Waals surface area contributed by atoms with Crippen molar-refractivity contribution in [3.05, 3.63) is 28.8 Å². The zero-order valence-corrected chi connectivity index (χ0v) is 12.5. The number of anilines is 1. The van der Waals surface area contributed by atoms with E-state index in [0.717, 1.165) is 21.9 Å². The molecule has 0 atom stereocenters. The molecule has 18 heavy (non-hydrogen) atoms. The fourth-order valence-electron chi connectivity index (χ4n) is 1.44. The van der Waals surface area contributed by atoms with E-state index in [9.17, 15) is 0 Å². The van der Waals surface area contributed by atoms with E-state index >= 15 is 0 Å². The van der Waals surface area contributed by atoms with Gasteiger partial charge in [0.2, 0.25) is 0 Å². The minimum Gasteiger partial charge on any atom is -0.373 e. The second-order valence-electron chi connectivity index (χ2n) is 5.04. The highest BCUT2D eigenvalue weighted by Gasteiger charge is 2.19. The minimum absolute atomic E-state index is 0.105. The van der Waals surface area contributed by atoms with Gasteiger partial charge in [0.05, 0.1) is 10.7 Å². The standard InChI is InChI=1S/C12H16BrN5/c1-12(2,3)11-16-9(14-4)5-10(17-11)18-7-8(13)6-15-18/h5-7H,1-4H3,(H,14,16,17). The first-order valence-electron chi connectivity index (χ1n) is 5.68. The predicted octanol–water partition coefficient (Wildman–Crippen LogP) is 2.76. The molecule has 0 fully saturated rings. The Morgan fingerprint density at radius 1 is 1.28 bits per heavy atom. The third-order valence-corrected chi connectivity index (χ3v) is 2.83. The second kappa shape index (κ2) is 4.68. The van der Waals surface area contributed by atoms with Gasteiger partial charge in [0.25, 0.3) is 0 Å². The molecule has 0 saturated carbocycles. The van der Waals surface area contributed by atoms with Gasteiger partial charge in [-0.25, -0.2) is 14.6 Å². The Morgan fingerprint density at radius 3 is 2.50 bits per heavy atom. The third-order valence-electron chi connectivity index (χ3n) is 2.43. The molecule has 0 radical (unpaired) electrons. The maximum atomic E-state index is 4.56. The number of rotatable bonds is 2. The molecule has 0 aliphatic carbocycles. The Kier molecular flexibility index (Phi) is 3.38. The van der Waals surface area contributed by atoms with Crippen LogP contribution in [0.4, 0.5) is 5.82 Å². The topological polar surface area (TPSA) is 55.6 Å². The van der Waals surface area contributed by atoms with Gasteiger partial charge in [0.1, 0.15) is 11.6 Å². The summed E-state index contributed by atoms with van der Waals surface area (Å²) in [5.41, 5.74) is -0.105. The minimum atomic E-state index is -0.105. The van der Waals surface area contributed by atoms with E-state index in [0.29, 0.717) is 0 Å². The Hall–Kier alpha value is -1.43. The van der Waals surface area contributed by atoms with Crippen LogP contribution in [0.1, 0.15) is 26.6 Å². The summed E-state index contributed by atoms with van der Waals surface area (Å²) >= 11 is 3.38. The van der Waals surface area contributed by atoms with E-state index in [-0.39, 0.29) is 5.41 Å². The van der Waals surface area contributed by atoms with E-state index in [2.05, 4.69) is 57.1 Å². The lowest BCUT2D eigenvalue weighted by Gasteiger charge is -2.18. The lowest BCUT2D eigenvalue weighted by molar-refractivity contribution is 0.543. The number of nitrogens with zero attached hydrogens (tertiary/aromatic N) is 4. The number of hydrogen-bond acceptors (Lipinski definition) is 4. The van der Waals surface area contributed by atoms with Gasteiger partial charge in [-0.15, -0.1) is 0 Å². The van der Waals surface area contributed by atoms with Gasteiger partial charge in [0.15, 0.2) is 5.82 Å². The molecule has 0 aliphatic heterocycles. The van der Waals surface area contributed by atoms with Gasteiger partial charge < -0.3 is 5.32 Å². The SMILES string of the molecule is CNc1cc(-n2cc(Br)cn2)nc(C(C)(C)C)n1. The maximum absolute atomic E-state index is 4.56. The van der Waals surface area contributed by atoms with Crippen molar-refractivity contribution in [2.75, 3.05) is 12.4 Å². The van der Waals surface area contributed by atoms with Crippen LogP contribution in [0.3, 0.4) is 0 Å². The summed E-state index contributed by atoms with van der Waals surface area (Å²) in [6, 6.07) is 1.87. The van der Waals surface area contributed by atoms with E-state index in [4.69, 9.17) is 0 Å². The van der Waals surface area contributed by atoms with Crippen LogP contribution in [0.15, 0.2) is 22.9 Å². The van der Waals surface area contributed by atoms with Gasteiger partial charge in [-0.05, 0) is 15.9 Å². The average Bonchev–Trinajstić information content (AvgIpc) is 2.74. The van der Waals surface area contributed by atoms with Gasteiger partial charge >= 0.3 is 0 Å². The Labute approximate surface area is 115 Å². The van der Waals surface area contributed by atoms with Gasteiger partial charge in [-0.3, -0.25) is 0 Å². The predicted molar refractivity (Wildman–Crippen MR) is 75.1 cm³/mol. The van der Waals surface area contributed by atoms with Gasteiger partial charge in [-0.1, -0.05) is 20.8 Å². The van der Waals surface area contributed by atoms with Crippen molar-refractivity contribution >= 4 is 21.7 Å². The van der Waals surface area contributed by atoms with Crippen molar-refractivity contribution in [2.24, 2.45) is 0 Å². The maximum Gasteiger partial charge on any atom is 0.159 e. The summed E-state index contributed by atoms with van der Waals surface area (Å²) in [4.78, 5) is 9.05. The quantitative estimate of drug-likeness (QED) is 0.927. The summed E-state index contributed by atoms with van der Waals surface area (Å²) in [5.74, 6) is 2.33. The molecule has 2 aromatic heterocycles. The lowest BCUT2D eigenvalue weighted by atomic mass is 9.96. The van der Waals surface area contributed by atoms with E-state index in [1.807, 2.05) is 19.3 Å². The molecular weight excluding hydrogens is 294 g/mol. The molecule has 0 saturated heterocycles. The van der Waals surface area contributed by atoms with Crippen LogP contribution < -0.4 is 5.32 Å². The van der Waals surface area contributed by atoms with Crippen LogP contribution in [0.25, 0.3) is 5.82 Å². The van der Waals surface area contributed by atoms with Crippen molar-refractivity contribution in [2.45, 2.75) is 26.2 Å². The molecule has 0 unspecified atom stereocenters. The highest BCUT2D eigenvalue weighted by atomic mass is 79.9. The molecule has 0 amide bonds. The summed E-state index contributed by atoms with van der Waals surface area (Å²) < 4.78 is 2.64. The Bertz CT molecular complexity index is 556. The van der Waals surface area contributed by atoms with Crippen LogP contribution in [-0.4, -0.2) is 26.8 Å². The lowest BCUT2D eigenvalue weighted by Crippen LogP contribution is -2.18. The van der Waals surface area contributed by atoms with E-state index in [1.54, 1.807) is 10.9 Å². The molecule has 0 aliphatic rings. The zero-order valence-electron chi connectivity index (χ0n) is 10.9. The Balaban J connectivity index is 2.54. The molecule has 5 nitrogen and oxygen atoms in total. The molecule has 96 valence electrons. The molecule has 2 rings (SSSR count). The first-order chi connectivity index (χ1) is 8.40. The number of hydrogen-bond donors (Lipinski definition) is 1. The van der Waals surface area contributed by atoms with Crippen LogP contribution in [0.5, 0.6) is 0 Å². The number of halogens is 1. The van der Waals surface area contributed by atoms with Crippen molar-refractivity contribution in [3.8, 4) is 5.82 Å². The van der Waals surface area contributed by atoms with Gasteiger partial charge in [-0.2, -0.15) is 5.10 Å². The third kappa shape index (κ3) is 2.69. The monoisotopic (exact) mass is 309 g/mol. The molecule has 0 aromatic carbocycles. The Morgan fingerprint density at radius 2 is 2.00 bits per heavy atom. The molecule has 0 spiro atoms. The van der Waals surface area contributed by atoms with Crippen molar-refractivity contribution in [3.63, 3.8) is 0 Å². The van der Waals surface area contributed by atoms with Crippen molar-refractivity contribution in [1.82, 2.24) is 19.7 Å². The van der Waals surface area contributed by atoms with Crippen LogP contribution >= 0.6 is 15.9 Å². The number of aromatic nitrogens is 4. The molecule has 6 heteroatoms. The van der Waals surface area contributed by atoms with Crippen molar-refractivity contribution < 1.29 is 0 Å². The molecule has 0 bridgehead atoms. The largest absolute Gasteiger partial charge is 0.373 e. The van der Waals surface area contributed by atoms with Gasteiger partial charge in [0, 0.05) is 24.7 Å². The van der Waals surface area contributed by atoms with Crippen LogP contribution in [0, 0.1) is 0 Å². The average molecular weight is 310 g/mol. The zero-order chi connectivity index (χ0) is 13.3. The fraction of sp³-hybridized carbons (Fsp3) is 0.417. The molecule has 2 aromatic rings. The molecular formula is C12H16BrN5. The fourth-order valence-corrected chi connectivity index (χ4v) is 1.73. The summed E-state index contributed by atoms with van der Waals surface area (Å²) in [6.07, 6.45) is 3.60. The summed E-state index contributed by atoms with van der Waals surface area (Å²) in [7, 11) is 1.84. The second-order valence-corrected chi connectivity index (χ2v) is 5.95. The highest BCUT2D eigenvalue weighted by Crippen LogP contribution is 2.22. The van der Waals surface area contributed by atoms with Crippen LogP contribution in [0.2, 0.25) is 0 Å². The normalized spacial score (nSPS) is 11.6. The first kappa shape index (κ1) is 13.0. The molecule has 1 N–H and O–H groups in total. The van der Waals surface area contributed by atoms with E-state index < -0.39 is 0 Å². The van der Waals surface area contributed by atoms with Crippen molar-refractivity contribution in [1.29, 1.82) is 0 Å². The summed E-state index contributed by atoms with van der Waals surface area (Å²) in [5, 5.41) is 7.29. The van der Waals surface area contributed by atoms with Crippen LogP contribution in [-0.2, 0) is 5.41 Å².